The number of thioether (sulfide) groups is 1. The largest absolute Gasteiger partial charge is 0.320 e. The van der Waals surface area contributed by atoms with Gasteiger partial charge in [-0.05, 0) is 18.4 Å². The molecule has 0 saturated heterocycles. The molecule has 4 nitrogen and oxygen atoms in total. The maximum Gasteiger partial charge on any atom is 0.279 e. The van der Waals surface area contributed by atoms with Crippen LogP contribution in [0.3, 0.4) is 0 Å². The molecule has 2 N–H and O–H groups in total. The average molecular weight is 264 g/mol. The van der Waals surface area contributed by atoms with Crippen molar-refractivity contribution < 1.29 is 9.69 Å². The molecule has 1 aromatic carbocycles. The fourth-order valence-electron chi connectivity index (χ4n) is 1.46. The van der Waals surface area contributed by atoms with E-state index in [0.717, 1.165) is 15.5 Å². The summed E-state index contributed by atoms with van der Waals surface area (Å²) in [6.07, 6.45) is 1.97. The lowest BCUT2D eigenvalue weighted by atomic mass is 10.3. The fraction of sp³-hybridized carbons (Fsp3) is 0.385. The van der Waals surface area contributed by atoms with Crippen LogP contribution in [0.15, 0.2) is 29.2 Å². The number of anilines is 1. The van der Waals surface area contributed by atoms with Crippen LogP contribution < -0.4 is 10.2 Å². The van der Waals surface area contributed by atoms with E-state index in [1.54, 1.807) is 18.7 Å². The van der Waals surface area contributed by atoms with Crippen molar-refractivity contribution in [3.63, 3.8) is 0 Å². The van der Waals surface area contributed by atoms with E-state index in [4.69, 9.17) is 5.26 Å². The minimum Gasteiger partial charge on any atom is -0.320 e. The number of hydrogen-bond acceptors (Lipinski definition) is 3. The summed E-state index contributed by atoms with van der Waals surface area (Å²) < 4.78 is 0. The molecule has 0 saturated carbocycles. The van der Waals surface area contributed by atoms with Gasteiger partial charge in [0.05, 0.1) is 12.7 Å². The van der Waals surface area contributed by atoms with Gasteiger partial charge >= 0.3 is 0 Å². The first kappa shape index (κ1) is 14.6. The molecule has 0 aliphatic rings. The zero-order valence-electron chi connectivity index (χ0n) is 10.9. The summed E-state index contributed by atoms with van der Waals surface area (Å²) in [6.45, 7) is 2.09. The lowest BCUT2D eigenvalue weighted by Gasteiger charge is -2.16. The zero-order chi connectivity index (χ0) is 13.5. The van der Waals surface area contributed by atoms with Crippen LogP contribution in [0.4, 0.5) is 5.69 Å². The van der Waals surface area contributed by atoms with Gasteiger partial charge in [-0.25, -0.2) is 0 Å². The highest BCUT2D eigenvalue weighted by atomic mass is 32.2. The van der Waals surface area contributed by atoms with E-state index in [1.165, 1.54) is 0 Å². The number of carbonyl (C=O) groups is 1. The molecule has 1 aromatic rings. The van der Waals surface area contributed by atoms with Gasteiger partial charge in [-0.15, -0.1) is 11.8 Å². The normalized spacial score (nSPS) is 13.4. The molecule has 0 heterocycles. The third kappa shape index (κ3) is 4.06. The minimum absolute atomic E-state index is 0.0731. The molecule has 1 amide bonds. The van der Waals surface area contributed by atoms with Crippen molar-refractivity contribution >= 4 is 23.4 Å². The van der Waals surface area contributed by atoms with Crippen LogP contribution in [-0.2, 0) is 4.79 Å². The summed E-state index contributed by atoms with van der Waals surface area (Å²) in [5.74, 6) is -0.0731. The highest BCUT2D eigenvalue weighted by Gasteiger charge is 2.16. The molecule has 5 heteroatoms. The van der Waals surface area contributed by atoms with Crippen molar-refractivity contribution in [3.05, 3.63) is 24.3 Å². The lowest BCUT2D eigenvalue weighted by molar-refractivity contribution is -0.886. The number of nitrogens with one attached hydrogen (secondary N) is 2. The van der Waals surface area contributed by atoms with Crippen LogP contribution in [-0.4, -0.2) is 31.8 Å². The molecular formula is C13H18N3OS+. The molecule has 0 aliphatic carbocycles. The summed E-state index contributed by atoms with van der Waals surface area (Å²) in [6, 6.07) is 9.63. The van der Waals surface area contributed by atoms with Gasteiger partial charge in [0.1, 0.15) is 6.07 Å². The molecular weight excluding hydrogens is 246 g/mol. The molecule has 0 spiro atoms. The molecule has 0 aromatic heterocycles. The number of benzene rings is 1. The highest BCUT2D eigenvalue weighted by Crippen LogP contribution is 2.24. The maximum atomic E-state index is 11.9. The summed E-state index contributed by atoms with van der Waals surface area (Å²) in [4.78, 5) is 13.8. The van der Waals surface area contributed by atoms with Crippen LogP contribution in [0.25, 0.3) is 0 Å². The van der Waals surface area contributed by atoms with Crippen LogP contribution in [0.1, 0.15) is 6.92 Å². The van der Waals surface area contributed by atoms with Gasteiger partial charge in [0, 0.05) is 11.8 Å². The van der Waals surface area contributed by atoms with Crippen LogP contribution in [0.5, 0.6) is 0 Å². The van der Waals surface area contributed by atoms with E-state index in [2.05, 4.69) is 11.4 Å². The number of hydrogen-bond donors (Lipinski definition) is 2. The molecule has 0 bridgehead atoms. The molecule has 0 aliphatic heterocycles. The van der Waals surface area contributed by atoms with Gasteiger partial charge in [0.25, 0.3) is 5.91 Å². The van der Waals surface area contributed by atoms with Crippen molar-refractivity contribution in [1.29, 1.82) is 5.26 Å². The van der Waals surface area contributed by atoms with E-state index >= 15 is 0 Å². The predicted octanol–water partition coefficient (Wildman–Crippen LogP) is 0.774. The first-order valence-corrected chi connectivity index (χ1v) is 6.95. The standard InChI is InChI=1S/C13H17N3OS/c1-10(8-14)16(2)9-13(17)15-11-6-4-5-7-12(11)18-3/h4-7,10H,9H2,1-3H3,(H,15,17)/p+1/t10-/m1/s1. The molecule has 1 rings (SSSR count). The molecule has 0 fully saturated rings. The lowest BCUT2D eigenvalue weighted by Crippen LogP contribution is -3.13. The topological polar surface area (TPSA) is 57.3 Å². The van der Waals surface area contributed by atoms with E-state index < -0.39 is 0 Å². The number of quaternary nitrogens is 1. The molecule has 96 valence electrons. The van der Waals surface area contributed by atoms with Crippen LogP contribution >= 0.6 is 11.8 Å². The van der Waals surface area contributed by atoms with Crippen LogP contribution in [0.2, 0.25) is 0 Å². The van der Waals surface area contributed by atoms with Gasteiger partial charge < -0.3 is 10.2 Å². The Labute approximate surface area is 112 Å². The van der Waals surface area contributed by atoms with Crippen molar-refractivity contribution in [2.75, 3.05) is 25.2 Å². The number of amides is 1. The summed E-state index contributed by atoms with van der Waals surface area (Å²) >= 11 is 1.59. The first-order valence-electron chi connectivity index (χ1n) is 5.73. The van der Waals surface area contributed by atoms with Gasteiger partial charge in [-0.1, -0.05) is 12.1 Å². The summed E-state index contributed by atoms with van der Waals surface area (Å²) in [5, 5.41) is 11.7. The molecule has 1 unspecified atom stereocenters. The number of nitrogens with zero attached hydrogens (tertiary/aromatic N) is 1. The second kappa shape index (κ2) is 7.04. The smallest absolute Gasteiger partial charge is 0.279 e. The Morgan fingerprint density at radius 1 is 1.56 bits per heavy atom. The molecule has 2 atom stereocenters. The monoisotopic (exact) mass is 264 g/mol. The Bertz CT molecular complexity index is 456. The number of nitriles is 1. The zero-order valence-corrected chi connectivity index (χ0v) is 11.7. The average Bonchev–Trinajstić information content (AvgIpc) is 2.38. The van der Waals surface area contributed by atoms with Crippen molar-refractivity contribution in [1.82, 2.24) is 0 Å². The van der Waals surface area contributed by atoms with Crippen molar-refractivity contribution in [2.24, 2.45) is 0 Å². The van der Waals surface area contributed by atoms with E-state index in [9.17, 15) is 4.79 Å². The Kier molecular flexibility index (Phi) is 5.69. The van der Waals surface area contributed by atoms with E-state index in [-0.39, 0.29) is 18.5 Å². The predicted molar refractivity (Wildman–Crippen MR) is 73.7 cm³/mol. The summed E-state index contributed by atoms with van der Waals surface area (Å²) in [7, 11) is 1.84. The number of likely N-dealkylation sites (N-methyl/N-ethyl adjacent to an activating group) is 1. The van der Waals surface area contributed by atoms with Crippen molar-refractivity contribution in [2.45, 2.75) is 17.9 Å². The Balaban J connectivity index is 2.63. The fourth-order valence-corrected chi connectivity index (χ4v) is 2.01. The Morgan fingerprint density at radius 3 is 2.83 bits per heavy atom. The minimum atomic E-state index is -0.188. The van der Waals surface area contributed by atoms with E-state index in [0.29, 0.717) is 0 Å². The maximum absolute atomic E-state index is 11.9. The SMILES string of the molecule is CSc1ccccc1NC(=O)C[NH+](C)[C@H](C)C#N. The third-order valence-corrected chi connectivity index (χ3v) is 3.55. The van der Waals surface area contributed by atoms with Gasteiger partial charge in [0.15, 0.2) is 12.6 Å². The third-order valence-electron chi connectivity index (χ3n) is 2.75. The number of para-hydroxylation sites is 1. The second-order valence-corrected chi connectivity index (χ2v) is 4.97. The first-order chi connectivity index (χ1) is 8.58. The number of rotatable bonds is 5. The quantitative estimate of drug-likeness (QED) is 0.773. The Hall–Kier alpha value is -1.51. The van der Waals surface area contributed by atoms with Gasteiger partial charge in [-0.3, -0.25) is 4.79 Å². The van der Waals surface area contributed by atoms with Crippen molar-refractivity contribution in [3.8, 4) is 6.07 Å². The Morgan fingerprint density at radius 2 is 2.22 bits per heavy atom. The highest BCUT2D eigenvalue weighted by molar-refractivity contribution is 7.98. The molecule has 18 heavy (non-hydrogen) atoms. The second-order valence-electron chi connectivity index (χ2n) is 4.12. The summed E-state index contributed by atoms with van der Waals surface area (Å²) in [5.41, 5.74) is 0.826. The van der Waals surface area contributed by atoms with Gasteiger partial charge in [0.2, 0.25) is 0 Å². The van der Waals surface area contributed by atoms with Gasteiger partial charge in [-0.2, -0.15) is 5.26 Å². The molecule has 0 radical (unpaired) electrons. The van der Waals surface area contributed by atoms with E-state index in [1.807, 2.05) is 37.6 Å². The number of carbonyl (C=O) groups excluding carboxylic acids is 1. The van der Waals surface area contributed by atoms with Crippen LogP contribution in [0, 0.1) is 11.3 Å².